The summed E-state index contributed by atoms with van der Waals surface area (Å²) in [7, 11) is 2.20. The van der Waals surface area contributed by atoms with Gasteiger partial charge in [-0.1, -0.05) is 66.7 Å². The molecule has 4 heteroatoms. The van der Waals surface area contributed by atoms with Crippen molar-refractivity contribution in [2.75, 3.05) is 38.1 Å². The Kier molecular flexibility index (Phi) is 6.69. The normalized spacial score (nSPS) is 14.3. The molecule has 0 radical (unpaired) electrons. The molecule has 0 bridgehead atoms. The van der Waals surface area contributed by atoms with Crippen LogP contribution in [0.3, 0.4) is 0 Å². The van der Waals surface area contributed by atoms with Gasteiger partial charge in [0, 0.05) is 47.7 Å². The molecule has 1 saturated heterocycles. The highest BCUT2D eigenvalue weighted by Crippen LogP contribution is 2.33. The van der Waals surface area contributed by atoms with Crippen molar-refractivity contribution in [2.45, 2.75) is 13.5 Å². The highest BCUT2D eigenvalue weighted by molar-refractivity contribution is 7.13. The molecule has 1 aromatic heterocycles. The molecule has 0 saturated carbocycles. The quantitative estimate of drug-likeness (QED) is 0.234. The van der Waals surface area contributed by atoms with Crippen molar-refractivity contribution in [3.05, 3.63) is 108 Å². The fourth-order valence-corrected chi connectivity index (χ4v) is 6.03. The molecule has 4 aromatic carbocycles. The standard InChI is InChI=1S/C33H32N2OS/c1-24-6-3-4-8-30(24)27-10-12-28(13-11-27)33-20-25(23-37-33)22-36-29-15-14-26-7-5-9-32(31(26)21-29)35-18-16-34(2)17-19-35/h3-15,20-21,23H,16-19,22H2,1-2H3. The zero-order valence-electron chi connectivity index (χ0n) is 21.5. The number of likely N-dealkylation sites (N-methyl/N-ethyl adjacent to an activating group) is 1. The van der Waals surface area contributed by atoms with Gasteiger partial charge in [0.05, 0.1) is 0 Å². The number of hydrogen-bond donors (Lipinski definition) is 0. The molecule has 0 unspecified atom stereocenters. The van der Waals surface area contributed by atoms with Gasteiger partial charge in [0.2, 0.25) is 0 Å². The van der Waals surface area contributed by atoms with Crippen molar-refractivity contribution in [3.8, 4) is 27.3 Å². The molecule has 186 valence electrons. The van der Waals surface area contributed by atoms with Gasteiger partial charge >= 0.3 is 0 Å². The van der Waals surface area contributed by atoms with Gasteiger partial charge in [-0.25, -0.2) is 0 Å². The summed E-state index contributed by atoms with van der Waals surface area (Å²) in [6.45, 7) is 7.05. The molecule has 5 aromatic rings. The minimum Gasteiger partial charge on any atom is -0.489 e. The van der Waals surface area contributed by atoms with E-state index in [4.69, 9.17) is 4.74 Å². The molecule has 0 amide bonds. The van der Waals surface area contributed by atoms with Crippen molar-refractivity contribution in [1.29, 1.82) is 0 Å². The van der Waals surface area contributed by atoms with Crippen molar-refractivity contribution < 1.29 is 4.74 Å². The van der Waals surface area contributed by atoms with E-state index < -0.39 is 0 Å². The summed E-state index contributed by atoms with van der Waals surface area (Å²) in [5, 5.41) is 4.74. The maximum Gasteiger partial charge on any atom is 0.120 e. The van der Waals surface area contributed by atoms with Gasteiger partial charge in [-0.15, -0.1) is 11.3 Å². The van der Waals surface area contributed by atoms with Crippen LogP contribution in [0.15, 0.2) is 96.4 Å². The Morgan fingerprint density at radius 2 is 1.57 bits per heavy atom. The predicted molar refractivity (Wildman–Crippen MR) is 158 cm³/mol. The highest BCUT2D eigenvalue weighted by atomic mass is 32.1. The molecule has 0 atom stereocenters. The van der Waals surface area contributed by atoms with E-state index in [1.807, 2.05) is 0 Å². The van der Waals surface area contributed by atoms with Crippen LogP contribution in [0.25, 0.3) is 32.3 Å². The van der Waals surface area contributed by atoms with E-state index in [0.29, 0.717) is 6.61 Å². The van der Waals surface area contributed by atoms with Crippen LogP contribution in [-0.4, -0.2) is 38.1 Å². The number of hydrogen-bond acceptors (Lipinski definition) is 4. The first kappa shape index (κ1) is 23.8. The van der Waals surface area contributed by atoms with E-state index in [2.05, 4.69) is 120 Å². The van der Waals surface area contributed by atoms with Crippen LogP contribution in [0, 0.1) is 6.92 Å². The van der Waals surface area contributed by atoms with Crippen LogP contribution in [0.5, 0.6) is 5.75 Å². The van der Waals surface area contributed by atoms with E-state index in [1.165, 1.54) is 49.2 Å². The molecule has 1 fully saturated rings. The third-order valence-electron chi connectivity index (χ3n) is 7.36. The third-order valence-corrected chi connectivity index (χ3v) is 8.39. The fraction of sp³-hybridized carbons (Fsp3) is 0.212. The first-order valence-corrected chi connectivity index (χ1v) is 13.8. The van der Waals surface area contributed by atoms with Crippen LogP contribution in [0.1, 0.15) is 11.1 Å². The fourth-order valence-electron chi connectivity index (χ4n) is 5.13. The largest absolute Gasteiger partial charge is 0.489 e. The molecule has 0 aliphatic carbocycles. The lowest BCUT2D eigenvalue weighted by Gasteiger charge is -2.34. The first-order valence-electron chi connectivity index (χ1n) is 13.0. The molecular weight excluding hydrogens is 472 g/mol. The minimum absolute atomic E-state index is 0.569. The van der Waals surface area contributed by atoms with Gasteiger partial charge in [-0.05, 0) is 71.3 Å². The van der Waals surface area contributed by atoms with E-state index in [9.17, 15) is 0 Å². The zero-order valence-corrected chi connectivity index (χ0v) is 22.3. The molecule has 2 heterocycles. The average Bonchev–Trinajstić information content (AvgIpc) is 3.42. The minimum atomic E-state index is 0.569. The molecule has 0 N–H and O–H groups in total. The number of fused-ring (bicyclic) bond motifs is 1. The monoisotopic (exact) mass is 504 g/mol. The lowest BCUT2D eigenvalue weighted by Crippen LogP contribution is -2.44. The van der Waals surface area contributed by atoms with Gasteiger partial charge < -0.3 is 14.5 Å². The van der Waals surface area contributed by atoms with Crippen molar-refractivity contribution in [1.82, 2.24) is 4.90 Å². The lowest BCUT2D eigenvalue weighted by molar-refractivity contribution is 0.307. The summed E-state index contributed by atoms with van der Waals surface area (Å²) >= 11 is 1.78. The number of rotatable bonds is 6. The van der Waals surface area contributed by atoms with Gasteiger partial charge in [0.1, 0.15) is 12.4 Å². The predicted octanol–water partition coefficient (Wildman–Crippen LogP) is 7.87. The van der Waals surface area contributed by atoms with Crippen LogP contribution < -0.4 is 9.64 Å². The molecule has 3 nitrogen and oxygen atoms in total. The van der Waals surface area contributed by atoms with E-state index in [-0.39, 0.29) is 0 Å². The summed E-state index contributed by atoms with van der Waals surface area (Å²) in [6.07, 6.45) is 0. The Morgan fingerprint density at radius 3 is 2.38 bits per heavy atom. The number of thiophene rings is 1. The topological polar surface area (TPSA) is 15.7 Å². The number of nitrogens with zero attached hydrogens (tertiary/aromatic N) is 2. The van der Waals surface area contributed by atoms with Crippen LogP contribution in [0.2, 0.25) is 0 Å². The summed E-state index contributed by atoms with van der Waals surface area (Å²) in [5.74, 6) is 0.921. The number of aryl methyl sites for hydroxylation is 1. The Morgan fingerprint density at radius 1 is 0.784 bits per heavy atom. The third kappa shape index (κ3) is 5.13. The van der Waals surface area contributed by atoms with Crippen molar-refractivity contribution >= 4 is 27.8 Å². The molecule has 6 rings (SSSR count). The SMILES string of the molecule is Cc1ccccc1-c1ccc(-c2cc(COc3ccc4cccc(N5CCN(C)CC5)c4c3)cs2)cc1. The molecule has 0 spiro atoms. The van der Waals surface area contributed by atoms with Gasteiger partial charge in [-0.2, -0.15) is 0 Å². The van der Waals surface area contributed by atoms with Crippen LogP contribution in [0.4, 0.5) is 5.69 Å². The number of anilines is 1. The zero-order chi connectivity index (χ0) is 25.2. The second kappa shape index (κ2) is 10.4. The highest BCUT2D eigenvalue weighted by Gasteiger charge is 2.16. The van der Waals surface area contributed by atoms with Crippen molar-refractivity contribution in [2.24, 2.45) is 0 Å². The lowest BCUT2D eigenvalue weighted by atomic mass is 9.99. The van der Waals surface area contributed by atoms with Crippen LogP contribution in [-0.2, 0) is 6.61 Å². The van der Waals surface area contributed by atoms with E-state index in [1.54, 1.807) is 11.3 Å². The Balaban J connectivity index is 1.16. The van der Waals surface area contributed by atoms with E-state index in [0.717, 1.165) is 31.9 Å². The molecule has 37 heavy (non-hydrogen) atoms. The average molecular weight is 505 g/mol. The Bertz CT molecular complexity index is 1510. The van der Waals surface area contributed by atoms with Gasteiger partial charge in [-0.3, -0.25) is 0 Å². The van der Waals surface area contributed by atoms with Gasteiger partial charge in [0.25, 0.3) is 0 Å². The van der Waals surface area contributed by atoms with Crippen molar-refractivity contribution in [3.63, 3.8) is 0 Å². The summed E-state index contributed by atoms with van der Waals surface area (Å²) in [4.78, 5) is 6.16. The maximum atomic E-state index is 6.28. The summed E-state index contributed by atoms with van der Waals surface area (Å²) < 4.78 is 6.28. The van der Waals surface area contributed by atoms with Crippen LogP contribution >= 0.6 is 11.3 Å². The van der Waals surface area contributed by atoms with E-state index >= 15 is 0 Å². The number of ether oxygens (including phenoxy) is 1. The summed E-state index contributed by atoms with van der Waals surface area (Å²) in [5.41, 5.74) is 7.61. The Labute approximate surface area is 223 Å². The number of piperazine rings is 1. The number of benzene rings is 4. The first-order chi connectivity index (χ1) is 18.1. The second-order valence-corrected chi connectivity index (χ2v) is 10.9. The molecule has 1 aliphatic heterocycles. The van der Waals surface area contributed by atoms with Gasteiger partial charge in [0.15, 0.2) is 0 Å². The second-order valence-electron chi connectivity index (χ2n) is 9.95. The molecular formula is C33H32N2OS. The summed E-state index contributed by atoms with van der Waals surface area (Å²) in [6, 6.07) is 32.8. The molecule has 1 aliphatic rings. The Hall–Kier alpha value is -3.60. The smallest absolute Gasteiger partial charge is 0.120 e. The maximum absolute atomic E-state index is 6.28.